The van der Waals surface area contributed by atoms with Gasteiger partial charge in [-0.1, -0.05) is 43.3 Å². The topological polar surface area (TPSA) is 87.2 Å². The van der Waals surface area contributed by atoms with Gasteiger partial charge in [-0.3, -0.25) is 9.59 Å². The van der Waals surface area contributed by atoms with E-state index in [0.717, 1.165) is 12.0 Å². The first-order valence-electron chi connectivity index (χ1n) is 8.54. The molecule has 0 aliphatic carbocycles. The monoisotopic (exact) mass is 348 g/mol. The molecule has 0 saturated carbocycles. The number of fused-ring (bicyclic) bond motifs is 1. The second-order valence-electron chi connectivity index (χ2n) is 5.92. The van der Waals surface area contributed by atoms with Crippen molar-refractivity contribution >= 4 is 23.2 Å². The van der Waals surface area contributed by atoms with E-state index in [2.05, 4.69) is 27.4 Å². The molecule has 0 aliphatic heterocycles. The summed E-state index contributed by atoms with van der Waals surface area (Å²) in [5, 5.41) is 3.95. The van der Waals surface area contributed by atoms with Gasteiger partial charge >= 0.3 is 0 Å². The molecule has 2 aromatic carbocycles. The molecule has 0 fully saturated rings. The zero-order chi connectivity index (χ0) is 18.4. The van der Waals surface area contributed by atoms with Crippen LogP contribution in [0.2, 0.25) is 0 Å². The fourth-order valence-electron chi connectivity index (χ4n) is 2.54. The largest absolute Gasteiger partial charge is 0.319 e. The number of nitrogens with zero attached hydrogens (tertiary/aromatic N) is 2. The van der Waals surface area contributed by atoms with E-state index in [0.29, 0.717) is 16.7 Å². The highest BCUT2D eigenvalue weighted by Crippen LogP contribution is 2.07. The Morgan fingerprint density at radius 2 is 1.96 bits per heavy atom. The highest BCUT2D eigenvalue weighted by atomic mass is 16.2. The molecule has 0 bridgehead atoms. The standard InChI is InChI=1S/C20H20N4O2/c1-2-14-7-9-15(10-8-14)13-21-24-19(25)12-11-18-20(26)23-17-6-4-3-5-16(17)22-18/h3-10,13H,2,11-12H2,1H3,(H,23,26)(H,24,25)/b21-13-. The molecule has 1 amide bonds. The Labute approximate surface area is 151 Å². The Morgan fingerprint density at radius 1 is 1.19 bits per heavy atom. The van der Waals surface area contributed by atoms with E-state index in [9.17, 15) is 9.59 Å². The van der Waals surface area contributed by atoms with Crippen molar-refractivity contribution in [3.05, 3.63) is 75.7 Å². The molecular weight excluding hydrogens is 328 g/mol. The van der Waals surface area contributed by atoms with Gasteiger partial charge in [-0.25, -0.2) is 10.4 Å². The number of amides is 1. The number of carbonyl (C=O) groups excluding carboxylic acids is 1. The molecule has 2 N–H and O–H groups in total. The minimum atomic E-state index is -0.268. The minimum Gasteiger partial charge on any atom is -0.319 e. The second-order valence-corrected chi connectivity index (χ2v) is 5.92. The maximum atomic E-state index is 12.0. The highest BCUT2D eigenvalue weighted by molar-refractivity contribution is 5.82. The van der Waals surface area contributed by atoms with Crippen LogP contribution in [0, 0.1) is 0 Å². The predicted molar refractivity (Wildman–Crippen MR) is 102 cm³/mol. The summed E-state index contributed by atoms with van der Waals surface area (Å²) >= 11 is 0. The van der Waals surface area contributed by atoms with Gasteiger partial charge in [0.25, 0.3) is 5.56 Å². The van der Waals surface area contributed by atoms with E-state index in [1.165, 1.54) is 5.56 Å². The molecule has 6 heteroatoms. The third-order valence-electron chi connectivity index (χ3n) is 4.05. The molecular formula is C20H20N4O2. The Bertz CT molecular complexity index is 991. The maximum Gasteiger partial charge on any atom is 0.270 e. The van der Waals surface area contributed by atoms with E-state index in [1.54, 1.807) is 12.3 Å². The smallest absolute Gasteiger partial charge is 0.270 e. The molecule has 6 nitrogen and oxygen atoms in total. The van der Waals surface area contributed by atoms with Crippen LogP contribution < -0.4 is 11.0 Å². The third-order valence-corrected chi connectivity index (χ3v) is 4.05. The molecule has 3 rings (SSSR count). The lowest BCUT2D eigenvalue weighted by Crippen LogP contribution is -2.21. The maximum absolute atomic E-state index is 12.0. The van der Waals surface area contributed by atoms with Gasteiger partial charge in [-0.05, 0) is 29.7 Å². The van der Waals surface area contributed by atoms with Crippen molar-refractivity contribution in [2.24, 2.45) is 5.10 Å². The van der Waals surface area contributed by atoms with Crippen LogP contribution in [-0.2, 0) is 17.6 Å². The molecule has 0 saturated heterocycles. The number of rotatable bonds is 6. The van der Waals surface area contributed by atoms with Crippen molar-refractivity contribution < 1.29 is 4.79 Å². The summed E-state index contributed by atoms with van der Waals surface area (Å²) < 4.78 is 0. The lowest BCUT2D eigenvalue weighted by atomic mass is 10.1. The second kappa shape index (κ2) is 8.20. The molecule has 0 atom stereocenters. The normalized spacial score (nSPS) is 11.1. The van der Waals surface area contributed by atoms with Crippen LogP contribution >= 0.6 is 0 Å². The molecule has 0 unspecified atom stereocenters. The zero-order valence-electron chi connectivity index (χ0n) is 14.5. The van der Waals surface area contributed by atoms with E-state index < -0.39 is 0 Å². The first-order valence-corrected chi connectivity index (χ1v) is 8.54. The average Bonchev–Trinajstić information content (AvgIpc) is 2.67. The first kappa shape index (κ1) is 17.5. The Hall–Kier alpha value is -3.28. The molecule has 132 valence electrons. The fraction of sp³-hybridized carbons (Fsp3) is 0.200. The Morgan fingerprint density at radius 3 is 2.73 bits per heavy atom. The number of aromatic nitrogens is 2. The minimum absolute atomic E-state index is 0.139. The SMILES string of the molecule is CCc1ccc(/C=N\NC(=O)CCc2nc3ccccc3[nH]c2=O)cc1. The van der Waals surface area contributed by atoms with E-state index in [1.807, 2.05) is 42.5 Å². The molecule has 26 heavy (non-hydrogen) atoms. The van der Waals surface area contributed by atoms with Crippen molar-refractivity contribution in [3.8, 4) is 0 Å². The number of hydrogen-bond donors (Lipinski definition) is 2. The van der Waals surface area contributed by atoms with Crippen LogP contribution in [-0.4, -0.2) is 22.1 Å². The average molecular weight is 348 g/mol. The van der Waals surface area contributed by atoms with Crippen molar-refractivity contribution in [1.82, 2.24) is 15.4 Å². The molecule has 0 aliphatic rings. The van der Waals surface area contributed by atoms with Gasteiger partial charge in [-0.15, -0.1) is 0 Å². The number of aromatic amines is 1. The van der Waals surface area contributed by atoms with Gasteiger partial charge in [0.15, 0.2) is 0 Å². The Kier molecular flexibility index (Phi) is 5.53. The molecule has 0 spiro atoms. The van der Waals surface area contributed by atoms with Crippen molar-refractivity contribution in [2.75, 3.05) is 0 Å². The van der Waals surface area contributed by atoms with Gasteiger partial charge in [0, 0.05) is 12.8 Å². The number of hydrazone groups is 1. The summed E-state index contributed by atoms with van der Waals surface area (Å²) in [4.78, 5) is 31.0. The van der Waals surface area contributed by atoms with E-state index >= 15 is 0 Å². The quantitative estimate of drug-likeness (QED) is 0.530. The van der Waals surface area contributed by atoms with Gasteiger partial charge < -0.3 is 4.98 Å². The summed E-state index contributed by atoms with van der Waals surface area (Å²) in [6, 6.07) is 15.3. The van der Waals surface area contributed by atoms with Crippen LogP contribution in [0.15, 0.2) is 58.4 Å². The first-order chi connectivity index (χ1) is 12.7. The lowest BCUT2D eigenvalue weighted by Gasteiger charge is -2.02. The van der Waals surface area contributed by atoms with Crippen molar-refractivity contribution in [1.29, 1.82) is 0 Å². The van der Waals surface area contributed by atoms with Gasteiger partial charge in [0.2, 0.25) is 5.91 Å². The number of nitrogens with one attached hydrogen (secondary N) is 2. The zero-order valence-corrected chi connectivity index (χ0v) is 14.5. The summed E-state index contributed by atoms with van der Waals surface area (Å²) in [5.41, 5.74) is 6.11. The molecule has 1 heterocycles. The lowest BCUT2D eigenvalue weighted by molar-refractivity contribution is -0.121. The number of aryl methyl sites for hydroxylation is 2. The van der Waals surface area contributed by atoms with Gasteiger partial charge in [-0.2, -0.15) is 5.10 Å². The van der Waals surface area contributed by atoms with Crippen LogP contribution in [0.5, 0.6) is 0 Å². The molecule has 1 aromatic heterocycles. The highest BCUT2D eigenvalue weighted by Gasteiger charge is 2.07. The number of H-pyrrole nitrogens is 1. The summed E-state index contributed by atoms with van der Waals surface area (Å²) in [5.74, 6) is -0.263. The van der Waals surface area contributed by atoms with Crippen molar-refractivity contribution in [3.63, 3.8) is 0 Å². The van der Waals surface area contributed by atoms with Crippen molar-refractivity contribution in [2.45, 2.75) is 26.2 Å². The summed E-state index contributed by atoms with van der Waals surface area (Å²) in [6.07, 6.45) is 2.97. The van der Waals surface area contributed by atoms with E-state index in [4.69, 9.17) is 0 Å². The van der Waals surface area contributed by atoms with Crippen LogP contribution in [0.3, 0.4) is 0 Å². The number of benzene rings is 2. The third kappa shape index (κ3) is 4.42. The molecule has 0 radical (unpaired) electrons. The van der Waals surface area contributed by atoms with Crippen LogP contribution in [0.1, 0.15) is 30.2 Å². The predicted octanol–water partition coefficient (Wildman–Crippen LogP) is 2.57. The number of para-hydroxylation sites is 2. The van der Waals surface area contributed by atoms with Crippen LogP contribution in [0.25, 0.3) is 11.0 Å². The Balaban J connectivity index is 1.56. The molecule has 3 aromatic rings. The van der Waals surface area contributed by atoms with Gasteiger partial charge in [0.05, 0.1) is 17.2 Å². The number of carbonyl (C=O) groups is 1. The summed E-state index contributed by atoms with van der Waals surface area (Å²) in [7, 11) is 0. The van der Waals surface area contributed by atoms with Gasteiger partial charge in [0.1, 0.15) is 5.69 Å². The van der Waals surface area contributed by atoms with E-state index in [-0.39, 0.29) is 24.3 Å². The fourth-order valence-corrected chi connectivity index (χ4v) is 2.54. The number of hydrogen-bond acceptors (Lipinski definition) is 4. The summed E-state index contributed by atoms with van der Waals surface area (Å²) in [6.45, 7) is 2.10. The van der Waals surface area contributed by atoms with Crippen LogP contribution in [0.4, 0.5) is 0 Å².